The largest absolute Gasteiger partial charge is 0.396 e. The Hall–Kier alpha value is -1.03. The van der Waals surface area contributed by atoms with Crippen molar-refractivity contribution in [1.82, 2.24) is 0 Å². The Kier molecular flexibility index (Phi) is 2.03. The van der Waals surface area contributed by atoms with Crippen molar-refractivity contribution in [1.29, 1.82) is 0 Å². The van der Waals surface area contributed by atoms with Gasteiger partial charge in [0.05, 0.1) is 18.4 Å². The van der Waals surface area contributed by atoms with Crippen LogP contribution in [0.15, 0.2) is 24.3 Å². The van der Waals surface area contributed by atoms with Crippen molar-refractivity contribution in [2.45, 2.75) is 11.8 Å². The highest BCUT2D eigenvalue weighted by Gasteiger charge is 2.68. The van der Waals surface area contributed by atoms with Gasteiger partial charge >= 0.3 is 0 Å². The maximum atomic E-state index is 13.1. The van der Waals surface area contributed by atoms with E-state index in [-0.39, 0.29) is 5.56 Å². The fourth-order valence-electron chi connectivity index (χ4n) is 1.77. The minimum atomic E-state index is -2.96. The van der Waals surface area contributed by atoms with Gasteiger partial charge in [0.1, 0.15) is 5.82 Å². The number of benzene rings is 1. The number of alkyl halides is 2. The number of aliphatic hydroxyl groups is 1. The maximum absolute atomic E-state index is 13.1. The molecule has 0 aromatic heterocycles. The van der Waals surface area contributed by atoms with E-state index in [9.17, 15) is 13.2 Å². The predicted octanol–water partition coefficient (Wildman–Crippen LogP) is 2.17. The Morgan fingerprint density at radius 2 is 1.93 bits per heavy atom. The highest BCUT2D eigenvalue weighted by molar-refractivity contribution is 5.33. The fraction of sp³-hybridized carbons (Fsp3) is 0.400. The summed E-state index contributed by atoms with van der Waals surface area (Å²) >= 11 is 0. The molecule has 1 fully saturated rings. The highest BCUT2D eigenvalue weighted by atomic mass is 19.3. The summed E-state index contributed by atoms with van der Waals surface area (Å²) in [5.74, 6) is -5.88. The van der Waals surface area contributed by atoms with Crippen molar-refractivity contribution in [3.05, 3.63) is 35.6 Å². The molecule has 14 heavy (non-hydrogen) atoms. The molecule has 2 atom stereocenters. The molecule has 0 saturated heterocycles. The summed E-state index contributed by atoms with van der Waals surface area (Å²) in [6.45, 7) is -0.605. The topological polar surface area (TPSA) is 20.2 Å². The first-order chi connectivity index (χ1) is 6.59. The van der Waals surface area contributed by atoms with E-state index in [1.54, 1.807) is 0 Å². The van der Waals surface area contributed by atoms with Crippen LogP contribution in [0, 0.1) is 11.7 Å². The lowest BCUT2D eigenvalue weighted by Crippen LogP contribution is -1.97. The van der Waals surface area contributed by atoms with Crippen LogP contribution >= 0.6 is 0 Å². The molecular weight excluding hydrogens is 193 g/mol. The molecule has 1 aromatic rings. The number of hydrogen-bond donors (Lipinski definition) is 1. The quantitative estimate of drug-likeness (QED) is 0.779. The number of aliphatic hydroxyl groups excluding tert-OH is 1. The minimum absolute atomic E-state index is 0.00319. The van der Waals surface area contributed by atoms with Crippen LogP contribution in [0.25, 0.3) is 0 Å². The van der Waals surface area contributed by atoms with Gasteiger partial charge in [-0.15, -0.1) is 0 Å². The molecule has 0 heterocycles. The SMILES string of the molecule is OCC1C(c2ccccc2F)C1(F)F. The van der Waals surface area contributed by atoms with E-state index in [1.165, 1.54) is 18.2 Å². The lowest BCUT2D eigenvalue weighted by atomic mass is 10.1. The average molecular weight is 202 g/mol. The van der Waals surface area contributed by atoms with Gasteiger partial charge in [-0.25, -0.2) is 13.2 Å². The molecular formula is C10H9F3O. The van der Waals surface area contributed by atoms with Gasteiger partial charge in [0.15, 0.2) is 0 Å². The monoisotopic (exact) mass is 202 g/mol. The minimum Gasteiger partial charge on any atom is -0.396 e. The summed E-state index contributed by atoms with van der Waals surface area (Å²) in [6.07, 6.45) is 0. The summed E-state index contributed by atoms with van der Waals surface area (Å²) in [5.41, 5.74) is -0.00319. The smallest absolute Gasteiger partial charge is 0.261 e. The first-order valence-electron chi connectivity index (χ1n) is 4.32. The Bertz CT molecular complexity index is 351. The van der Waals surface area contributed by atoms with Crippen molar-refractivity contribution >= 4 is 0 Å². The highest BCUT2D eigenvalue weighted by Crippen LogP contribution is 2.61. The normalized spacial score (nSPS) is 28.9. The van der Waals surface area contributed by atoms with Gasteiger partial charge in [0.2, 0.25) is 0 Å². The Labute approximate surface area is 79.2 Å². The van der Waals surface area contributed by atoms with Crippen molar-refractivity contribution in [2.75, 3.05) is 6.61 Å². The van der Waals surface area contributed by atoms with Gasteiger partial charge < -0.3 is 5.11 Å². The molecule has 1 aliphatic rings. The fourth-order valence-corrected chi connectivity index (χ4v) is 1.77. The first-order valence-corrected chi connectivity index (χ1v) is 4.32. The van der Waals surface area contributed by atoms with Crippen molar-refractivity contribution in [2.24, 2.45) is 5.92 Å². The lowest BCUT2D eigenvalue weighted by molar-refractivity contribution is 0.0782. The van der Waals surface area contributed by atoms with E-state index in [0.29, 0.717) is 0 Å². The molecule has 2 unspecified atom stereocenters. The Morgan fingerprint density at radius 3 is 2.43 bits per heavy atom. The second-order valence-electron chi connectivity index (χ2n) is 3.46. The molecule has 1 aliphatic carbocycles. The van der Waals surface area contributed by atoms with Crippen LogP contribution in [0.1, 0.15) is 11.5 Å². The molecule has 4 heteroatoms. The standard InChI is InChI=1S/C10H9F3O/c11-8-4-2-1-3-6(8)9-7(5-14)10(9,12)13/h1-4,7,9,14H,5H2. The van der Waals surface area contributed by atoms with Gasteiger partial charge in [0, 0.05) is 0 Å². The summed E-state index contributed by atoms with van der Waals surface area (Å²) in [7, 11) is 0. The first kappa shape index (κ1) is 9.52. The van der Waals surface area contributed by atoms with Crippen LogP contribution in [0.4, 0.5) is 13.2 Å². The van der Waals surface area contributed by atoms with Crippen molar-refractivity contribution in [3.8, 4) is 0 Å². The van der Waals surface area contributed by atoms with Gasteiger partial charge in [-0.05, 0) is 11.6 Å². The summed E-state index contributed by atoms with van der Waals surface area (Å²) in [4.78, 5) is 0. The number of hydrogen-bond acceptors (Lipinski definition) is 1. The number of halogens is 3. The third-order valence-corrected chi connectivity index (χ3v) is 2.64. The third-order valence-electron chi connectivity index (χ3n) is 2.64. The Morgan fingerprint density at radius 1 is 1.29 bits per heavy atom. The molecule has 76 valence electrons. The summed E-state index contributed by atoms with van der Waals surface area (Å²) in [6, 6.07) is 5.45. The van der Waals surface area contributed by atoms with E-state index in [4.69, 9.17) is 5.11 Å². The zero-order valence-corrected chi connectivity index (χ0v) is 7.25. The zero-order chi connectivity index (χ0) is 10.3. The van der Waals surface area contributed by atoms with Crippen LogP contribution in [0.3, 0.4) is 0 Å². The predicted molar refractivity (Wildman–Crippen MR) is 44.7 cm³/mol. The molecule has 1 aromatic carbocycles. The van der Waals surface area contributed by atoms with Crippen molar-refractivity contribution in [3.63, 3.8) is 0 Å². The van der Waals surface area contributed by atoms with Crippen LogP contribution in [0.5, 0.6) is 0 Å². The van der Waals surface area contributed by atoms with Gasteiger partial charge in [0.25, 0.3) is 5.92 Å². The Balaban J connectivity index is 2.31. The second kappa shape index (κ2) is 2.98. The third kappa shape index (κ3) is 1.21. The average Bonchev–Trinajstić information content (AvgIpc) is 2.69. The molecule has 1 nitrogen and oxygen atoms in total. The molecule has 0 aliphatic heterocycles. The van der Waals surface area contributed by atoms with Crippen LogP contribution < -0.4 is 0 Å². The summed E-state index contributed by atoms with van der Waals surface area (Å²) in [5, 5.41) is 8.66. The molecule has 1 saturated carbocycles. The number of rotatable bonds is 2. The molecule has 0 bridgehead atoms. The van der Waals surface area contributed by atoms with Gasteiger partial charge in [-0.1, -0.05) is 18.2 Å². The van der Waals surface area contributed by atoms with Crippen molar-refractivity contribution < 1.29 is 18.3 Å². The van der Waals surface area contributed by atoms with Crippen LogP contribution in [-0.4, -0.2) is 17.6 Å². The van der Waals surface area contributed by atoms with E-state index in [1.807, 2.05) is 0 Å². The second-order valence-corrected chi connectivity index (χ2v) is 3.46. The summed E-state index contributed by atoms with van der Waals surface area (Å²) < 4.78 is 39.1. The lowest BCUT2D eigenvalue weighted by Gasteiger charge is -1.99. The molecule has 0 spiro atoms. The van der Waals surface area contributed by atoms with E-state index in [2.05, 4.69) is 0 Å². The molecule has 0 radical (unpaired) electrons. The van der Waals surface area contributed by atoms with Crippen LogP contribution in [0.2, 0.25) is 0 Å². The zero-order valence-electron chi connectivity index (χ0n) is 7.25. The van der Waals surface area contributed by atoms with E-state index in [0.717, 1.165) is 6.07 Å². The van der Waals surface area contributed by atoms with Gasteiger partial charge in [-0.2, -0.15) is 0 Å². The maximum Gasteiger partial charge on any atom is 0.261 e. The van der Waals surface area contributed by atoms with E-state index < -0.39 is 30.2 Å². The molecule has 2 rings (SSSR count). The van der Waals surface area contributed by atoms with Crippen LogP contribution in [-0.2, 0) is 0 Å². The molecule has 1 N–H and O–H groups in total. The van der Waals surface area contributed by atoms with Gasteiger partial charge in [-0.3, -0.25) is 0 Å². The molecule has 0 amide bonds. The van der Waals surface area contributed by atoms with E-state index >= 15 is 0 Å².